The van der Waals surface area contributed by atoms with Crippen LogP contribution in [-0.4, -0.2) is 18.4 Å². The number of esters is 1. The second kappa shape index (κ2) is 6.05. The van der Waals surface area contributed by atoms with Crippen LogP contribution in [-0.2, 0) is 9.53 Å². The van der Waals surface area contributed by atoms with Gasteiger partial charge < -0.3 is 4.74 Å². The number of ether oxygens (including phenoxy) is 1. The van der Waals surface area contributed by atoms with Crippen LogP contribution in [0.2, 0.25) is 0 Å². The first kappa shape index (κ1) is 12.4. The lowest BCUT2D eigenvalue weighted by atomic mass is 10.1. The van der Waals surface area contributed by atoms with Gasteiger partial charge in [0.15, 0.2) is 0 Å². The third kappa shape index (κ3) is 3.19. The third-order valence-electron chi connectivity index (χ3n) is 2.31. The van der Waals surface area contributed by atoms with Crippen molar-refractivity contribution in [2.45, 2.75) is 26.7 Å². The van der Waals surface area contributed by atoms with Gasteiger partial charge in [-0.15, -0.1) is 0 Å². The number of hydrogen-bond acceptors (Lipinski definition) is 3. The van der Waals surface area contributed by atoms with Gasteiger partial charge in [-0.1, -0.05) is 37.6 Å². The Balaban J connectivity index is 2.64. The van der Waals surface area contributed by atoms with Gasteiger partial charge in [0.1, 0.15) is 0 Å². The third-order valence-corrected chi connectivity index (χ3v) is 2.31. The molecule has 0 aliphatic carbocycles. The number of rotatable bonds is 5. The van der Waals surface area contributed by atoms with Crippen LogP contribution < -0.4 is 0 Å². The summed E-state index contributed by atoms with van der Waals surface area (Å²) in [6, 6.07) is 7.00. The number of benzene rings is 1. The maximum atomic E-state index is 11.7. The molecule has 0 amide bonds. The summed E-state index contributed by atoms with van der Waals surface area (Å²) in [6.07, 6.45) is 1.72. The fraction of sp³-hybridized carbons (Fsp3) is 0.385. The van der Waals surface area contributed by atoms with Gasteiger partial charge in [-0.05, 0) is 18.9 Å². The first-order valence-corrected chi connectivity index (χ1v) is 5.44. The Morgan fingerprint density at radius 2 is 1.94 bits per heavy atom. The summed E-state index contributed by atoms with van der Waals surface area (Å²) < 4.78 is 4.87. The lowest BCUT2D eigenvalue weighted by Crippen LogP contribution is -2.19. The molecule has 0 saturated carbocycles. The second-order valence-electron chi connectivity index (χ2n) is 3.63. The number of hydrogen-bond donors (Lipinski definition) is 0. The molecule has 0 unspecified atom stereocenters. The summed E-state index contributed by atoms with van der Waals surface area (Å²) in [5.74, 6) is -1.32. The SMILES string of the molecule is CCCCOC(=O)C(=O)c1ccccc1C. The van der Waals surface area contributed by atoms with Crippen LogP contribution in [0.15, 0.2) is 24.3 Å². The Morgan fingerprint density at radius 1 is 1.25 bits per heavy atom. The zero-order valence-corrected chi connectivity index (χ0v) is 9.66. The highest BCUT2D eigenvalue weighted by molar-refractivity contribution is 6.40. The molecule has 0 aromatic heterocycles. The van der Waals surface area contributed by atoms with Crippen LogP contribution in [0.5, 0.6) is 0 Å². The monoisotopic (exact) mass is 220 g/mol. The Labute approximate surface area is 95.4 Å². The Bertz CT molecular complexity index is 383. The van der Waals surface area contributed by atoms with Crippen molar-refractivity contribution in [2.24, 2.45) is 0 Å². The Hall–Kier alpha value is -1.64. The van der Waals surface area contributed by atoms with Gasteiger partial charge in [0, 0.05) is 5.56 Å². The zero-order chi connectivity index (χ0) is 12.0. The summed E-state index contributed by atoms with van der Waals surface area (Å²) in [4.78, 5) is 23.1. The zero-order valence-electron chi connectivity index (χ0n) is 9.66. The Kier molecular flexibility index (Phi) is 4.70. The van der Waals surface area contributed by atoms with Gasteiger partial charge in [-0.3, -0.25) is 4.79 Å². The minimum absolute atomic E-state index is 0.312. The first-order valence-electron chi connectivity index (χ1n) is 5.44. The van der Waals surface area contributed by atoms with Crippen molar-refractivity contribution in [2.75, 3.05) is 6.61 Å². The molecule has 3 nitrogen and oxygen atoms in total. The molecular formula is C13H16O3. The van der Waals surface area contributed by atoms with Gasteiger partial charge in [-0.2, -0.15) is 0 Å². The van der Waals surface area contributed by atoms with Gasteiger partial charge in [0.2, 0.25) is 0 Å². The summed E-state index contributed by atoms with van der Waals surface area (Å²) in [6.45, 7) is 4.11. The van der Waals surface area contributed by atoms with Crippen molar-refractivity contribution in [1.82, 2.24) is 0 Å². The number of aryl methyl sites for hydroxylation is 1. The minimum atomic E-state index is -0.761. The number of carbonyl (C=O) groups is 2. The highest BCUT2D eigenvalue weighted by Crippen LogP contribution is 2.08. The van der Waals surface area contributed by atoms with Crippen molar-refractivity contribution in [3.63, 3.8) is 0 Å². The van der Waals surface area contributed by atoms with Crippen LogP contribution in [0, 0.1) is 6.92 Å². The van der Waals surface area contributed by atoms with E-state index in [1.807, 2.05) is 13.0 Å². The van der Waals surface area contributed by atoms with E-state index in [9.17, 15) is 9.59 Å². The summed E-state index contributed by atoms with van der Waals surface area (Å²) in [5, 5.41) is 0. The molecule has 1 aromatic carbocycles. The largest absolute Gasteiger partial charge is 0.460 e. The van der Waals surface area contributed by atoms with E-state index in [0.29, 0.717) is 12.2 Å². The predicted octanol–water partition coefficient (Wildman–Crippen LogP) is 2.52. The summed E-state index contributed by atoms with van der Waals surface area (Å²) >= 11 is 0. The maximum absolute atomic E-state index is 11.7. The van der Waals surface area contributed by atoms with Crippen molar-refractivity contribution in [3.05, 3.63) is 35.4 Å². The molecule has 1 rings (SSSR count). The van der Waals surface area contributed by atoms with Crippen molar-refractivity contribution >= 4 is 11.8 Å². The molecule has 0 aliphatic heterocycles. The van der Waals surface area contributed by atoms with Gasteiger partial charge in [0.05, 0.1) is 6.61 Å². The van der Waals surface area contributed by atoms with Crippen molar-refractivity contribution < 1.29 is 14.3 Å². The number of unbranched alkanes of at least 4 members (excludes halogenated alkanes) is 1. The first-order chi connectivity index (χ1) is 7.66. The van der Waals surface area contributed by atoms with Crippen LogP contribution in [0.25, 0.3) is 0 Å². The van der Waals surface area contributed by atoms with E-state index in [-0.39, 0.29) is 0 Å². The molecule has 0 saturated heterocycles. The Morgan fingerprint density at radius 3 is 2.56 bits per heavy atom. The molecule has 3 heteroatoms. The average Bonchev–Trinajstić information content (AvgIpc) is 2.29. The number of ketones is 1. The molecule has 0 heterocycles. The highest BCUT2D eigenvalue weighted by Gasteiger charge is 2.18. The van der Waals surface area contributed by atoms with E-state index in [1.165, 1.54) is 0 Å². The van der Waals surface area contributed by atoms with Crippen LogP contribution in [0.4, 0.5) is 0 Å². The van der Waals surface area contributed by atoms with Crippen LogP contribution in [0.3, 0.4) is 0 Å². The van der Waals surface area contributed by atoms with Crippen molar-refractivity contribution in [1.29, 1.82) is 0 Å². The summed E-state index contributed by atoms with van der Waals surface area (Å²) in [7, 11) is 0. The number of carbonyl (C=O) groups excluding carboxylic acids is 2. The fourth-order valence-corrected chi connectivity index (χ4v) is 1.31. The van der Waals surface area contributed by atoms with E-state index >= 15 is 0 Å². The topological polar surface area (TPSA) is 43.4 Å². The molecule has 0 radical (unpaired) electrons. The van der Waals surface area contributed by atoms with E-state index in [1.54, 1.807) is 25.1 Å². The highest BCUT2D eigenvalue weighted by atomic mass is 16.5. The molecule has 0 N–H and O–H groups in total. The van der Waals surface area contributed by atoms with E-state index in [4.69, 9.17) is 4.74 Å². The lowest BCUT2D eigenvalue weighted by molar-refractivity contribution is -0.138. The molecule has 1 aromatic rings. The van der Waals surface area contributed by atoms with Crippen LogP contribution in [0.1, 0.15) is 35.7 Å². The molecule has 0 fully saturated rings. The van der Waals surface area contributed by atoms with E-state index < -0.39 is 11.8 Å². The molecule has 16 heavy (non-hydrogen) atoms. The number of Topliss-reactive ketones (excluding diaryl/α,β-unsaturated/α-hetero) is 1. The summed E-state index contributed by atoms with van der Waals surface area (Å²) in [5.41, 5.74) is 1.21. The predicted molar refractivity (Wildman–Crippen MR) is 61.4 cm³/mol. The van der Waals surface area contributed by atoms with E-state index in [2.05, 4.69) is 0 Å². The van der Waals surface area contributed by atoms with Crippen LogP contribution >= 0.6 is 0 Å². The van der Waals surface area contributed by atoms with E-state index in [0.717, 1.165) is 18.4 Å². The second-order valence-corrected chi connectivity index (χ2v) is 3.63. The fourth-order valence-electron chi connectivity index (χ4n) is 1.31. The average molecular weight is 220 g/mol. The lowest BCUT2D eigenvalue weighted by Gasteiger charge is -2.04. The smallest absolute Gasteiger partial charge is 0.379 e. The van der Waals surface area contributed by atoms with Gasteiger partial charge >= 0.3 is 5.97 Å². The molecule has 86 valence electrons. The maximum Gasteiger partial charge on any atom is 0.379 e. The molecule has 0 atom stereocenters. The van der Waals surface area contributed by atoms with Gasteiger partial charge in [0.25, 0.3) is 5.78 Å². The minimum Gasteiger partial charge on any atom is -0.460 e. The molecule has 0 bridgehead atoms. The molecular weight excluding hydrogens is 204 g/mol. The van der Waals surface area contributed by atoms with Gasteiger partial charge in [-0.25, -0.2) is 4.79 Å². The quantitative estimate of drug-likeness (QED) is 0.331. The molecule has 0 aliphatic rings. The standard InChI is InChI=1S/C13H16O3/c1-3-4-9-16-13(15)12(14)11-8-6-5-7-10(11)2/h5-8H,3-4,9H2,1-2H3. The molecule has 0 spiro atoms. The normalized spacial score (nSPS) is 9.88. The van der Waals surface area contributed by atoms with Crippen molar-refractivity contribution in [3.8, 4) is 0 Å².